The van der Waals surface area contributed by atoms with Gasteiger partial charge in [-0.05, 0) is 23.8 Å². The normalized spacial score (nSPS) is 16.9. The topological polar surface area (TPSA) is 59.9 Å². The van der Waals surface area contributed by atoms with Crippen molar-refractivity contribution in [1.82, 2.24) is 5.43 Å². The Morgan fingerprint density at radius 2 is 1.83 bits per heavy atom. The summed E-state index contributed by atoms with van der Waals surface area (Å²) >= 11 is 6.06. The maximum Gasteiger partial charge on any atom is 0.284 e. The zero-order valence-corrected chi connectivity index (χ0v) is 13.4. The van der Waals surface area contributed by atoms with E-state index in [0.29, 0.717) is 16.5 Å². The third kappa shape index (κ3) is 4.14. The number of para-hydroxylation sites is 2. The summed E-state index contributed by atoms with van der Waals surface area (Å²) < 4.78 is 11.1. The number of carbonyl (C=O) groups excluding carboxylic acids is 1. The van der Waals surface area contributed by atoms with Gasteiger partial charge in [0, 0.05) is 0 Å². The zero-order valence-electron chi connectivity index (χ0n) is 12.7. The first kappa shape index (κ1) is 16.1. The standard InChI is InChI=1S/C18H15ClN2O3/c19-14(10-13-6-2-1-3-7-13)11-20-21-18(22)17-12-23-15-8-4-5-9-16(15)24-17/h1-11,17H,12H2,(H,21,22). The lowest BCUT2D eigenvalue weighted by atomic mass is 10.2. The number of halogens is 1. The van der Waals surface area contributed by atoms with Crippen molar-refractivity contribution in [1.29, 1.82) is 0 Å². The number of nitrogens with one attached hydrogen (secondary N) is 1. The second-order valence-corrected chi connectivity index (χ2v) is 5.47. The van der Waals surface area contributed by atoms with Crippen molar-refractivity contribution >= 4 is 29.8 Å². The number of carbonyl (C=O) groups is 1. The lowest BCUT2D eigenvalue weighted by Crippen LogP contribution is -2.42. The molecule has 3 rings (SSSR count). The maximum atomic E-state index is 12.1. The van der Waals surface area contributed by atoms with Gasteiger partial charge in [-0.15, -0.1) is 0 Å². The Morgan fingerprint density at radius 1 is 1.12 bits per heavy atom. The van der Waals surface area contributed by atoms with Crippen molar-refractivity contribution in [2.24, 2.45) is 5.10 Å². The van der Waals surface area contributed by atoms with E-state index in [0.717, 1.165) is 5.56 Å². The Labute approximate surface area is 144 Å². The Morgan fingerprint density at radius 3 is 2.62 bits per heavy atom. The molecule has 0 aromatic heterocycles. The van der Waals surface area contributed by atoms with E-state index in [-0.39, 0.29) is 6.61 Å². The second kappa shape index (κ2) is 7.66. The van der Waals surface area contributed by atoms with Crippen molar-refractivity contribution in [3.8, 4) is 11.5 Å². The van der Waals surface area contributed by atoms with Crippen molar-refractivity contribution in [3.63, 3.8) is 0 Å². The molecular weight excluding hydrogens is 328 g/mol. The van der Waals surface area contributed by atoms with E-state index in [1.807, 2.05) is 42.5 Å². The number of hydrazone groups is 1. The van der Waals surface area contributed by atoms with Gasteiger partial charge in [-0.2, -0.15) is 5.10 Å². The summed E-state index contributed by atoms with van der Waals surface area (Å²) in [5.74, 6) is 0.763. The van der Waals surface area contributed by atoms with Crippen LogP contribution in [-0.4, -0.2) is 24.8 Å². The molecule has 1 amide bonds. The highest BCUT2D eigenvalue weighted by Gasteiger charge is 2.26. The minimum Gasteiger partial charge on any atom is -0.485 e. The molecule has 0 saturated carbocycles. The van der Waals surface area contributed by atoms with E-state index in [4.69, 9.17) is 21.1 Å². The van der Waals surface area contributed by atoms with Crippen molar-refractivity contribution < 1.29 is 14.3 Å². The van der Waals surface area contributed by atoms with E-state index in [9.17, 15) is 4.79 Å². The molecule has 5 nitrogen and oxygen atoms in total. The van der Waals surface area contributed by atoms with Gasteiger partial charge in [0.25, 0.3) is 5.91 Å². The fraction of sp³-hybridized carbons (Fsp3) is 0.111. The summed E-state index contributed by atoms with van der Waals surface area (Å²) in [6, 6.07) is 16.8. The van der Waals surface area contributed by atoms with Crippen LogP contribution in [0.1, 0.15) is 5.56 Å². The number of hydrogen-bond acceptors (Lipinski definition) is 4. The molecule has 2 aromatic carbocycles. The van der Waals surface area contributed by atoms with E-state index >= 15 is 0 Å². The minimum absolute atomic E-state index is 0.131. The van der Waals surface area contributed by atoms with Crippen LogP contribution >= 0.6 is 11.6 Å². The van der Waals surface area contributed by atoms with Gasteiger partial charge in [0.2, 0.25) is 6.10 Å². The van der Waals surface area contributed by atoms with Gasteiger partial charge in [0.1, 0.15) is 6.61 Å². The fourth-order valence-electron chi connectivity index (χ4n) is 2.12. The van der Waals surface area contributed by atoms with E-state index in [1.165, 1.54) is 6.21 Å². The van der Waals surface area contributed by atoms with Gasteiger partial charge >= 0.3 is 0 Å². The zero-order chi connectivity index (χ0) is 16.8. The van der Waals surface area contributed by atoms with Crippen molar-refractivity contribution in [2.75, 3.05) is 6.61 Å². The molecule has 0 radical (unpaired) electrons. The molecule has 0 fully saturated rings. The lowest BCUT2D eigenvalue weighted by molar-refractivity contribution is -0.130. The predicted octanol–water partition coefficient (Wildman–Crippen LogP) is 3.21. The van der Waals surface area contributed by atoms with E-state index < -0.39 is 12.0 Å². The average Bonchev–Trinajstić information content (AvgIpc) is 2.62. The second-order valence-electron chi connectivity index (χ2n) is 5.04. The monoisotopic (exact) mass is 342 g/mol. The molecule has 2 aromatic rings. The Bertz CT molecular complexity index is 775. The maximum absolute atomic E-state index is 12.1. The number of nitrogens with zero attached hydrogens (tertiary/aromatic N) is 1. The van der Waals surface area contributed by atoms with Crippen LogP contribution < -0.4 is 14.9 Å². The number of allylic oxidation sites excluding steroid dienone is 1. The summed E-state index contributed by atoms with van der Waals surface area (Å²) in [5.41, 5.74) is 3.35. The molecule has 1 aliphatic heterocycles. The lowest BCUT2D eigenvalue weighted by Gasteiger charge is -2.24. The first-order valence-electron chi connectivity index (χ1n) is 7.36. The Hall–Kier alpha value is -2.79. The van der Waals surface area contributed by atoms with E-state index in [2.05, 4.69) is 10.5 Å². The van der Waals surface area contributed by atoms with Gasteiger partial charge in [-0.3, -0.25) is 4.79 Å². The van der Waals surface area contributed by atoms with Crippen LogP contribution in [0.15, 0.2) is 64.7 Å². The summed E-state index contributed by atoms with van der Waals surface area (Å²) in [6.07, 6.45) is 2.35. The van der Waals surface area contributed by atoms with E-state index in [1.54, 1.807) is 18.2 Å². The molecule has 0 aliphatic carbocycles. The summed E-state index contributed by atoms with van der Waals surface area (Å²) in [7, 11) is 0. The molecule has 0 spiro atoms. The summed E-state index contributed by atoms with van der Waals surface area (Å²) in [5, 5.41) is 4.23. The quantitative estimate of drug-likeness (QED) is 0.685. The third-order valence-corrected chi connectivity index (χ3v) is 3.47. The molecule has 1 heterocycles. The number of hydrogen-bond donors (Lipinski definition) is 1. The SMILES string of the molecule is O=C(NN=CC(Cl)=Cc1ccccc1)C1COc2ccccc2O1. The minimum atomic E-state index is -0.756. The first-order valence-corrected chi connectivity index (χ1v) is 7.74. The van der Waals surface area contributed by atoms with Gasteiger partial charge < -0.3 is 9.47 Å². The van der Waals surface area contributed by atoms with Gasteiger partial charge in [-0.1, -0.05) is 54.1 Å². The van der Waals surface area contributed by atoms with Gasteiger partial charge in [0.05, 0.1) is 11.2 Å². The molecule has 1 N–H and O–H groups in total. The molecule has 1 unspecified atom stereocenters. The highest BCUT2D eigenvalue weighted by Crippen LogP contribution is 2.30. The number of ether oxygens (including phenoxy) is 2. The highest BCUT2D eigenvalue weighted by atomic mass is 35.5. The number of amides is 1. The van der Waals surface area contributed by atoms with Gasteiger partial charge in [-0.25, -0.2) is 5.43 Å². The predicted molar refractivity (Wildman–Crippen MR) is 93.3 cm³/mol. The summed E-state index contributed by atoms with van der Waals surface area (Å²) in [4.78, 5) is 12.1. The smallest absolute Gasteiger partial charge is 0.284 e. The van der Waals surface area contributed by atoms with Crippen LogP contribution in [0.25, 0.3) is 6.08 Å². The van der Waals surface area contributed by atoms with Crippen LogP contribution in [0.3, 0.4) is 0 Å². The number of benzene rings is 2. The highest BCUT2D eigenvalue weighted by molar-refractivity contribution is 6.41. The third-order valence-electron chi connectivity index (χ3n) is 3.27. The number of rotatable bonds is 4. The molecule has 122 valence electrons. The van der Waals surface area contributed by atoms with Crippen LogP contribution in [0.5, 0.6) is 11.5 Å². The Kier molecular flexibility index (Phi) is 5.13. The fourth-order valence-corrected chi connectivity index (χ4v) is 2.30. The summed E-state index contributed by atoms with van der Waals surface area (Å²) in [6.45, 7) is 0.131. The molecule has 0 bridgehead atoms. The average molecular weight is 343 g/mol. The molecular formula is C18H15ClN2O3. The van der Waals surface area contributed by atoms with Gasteiger partial charge in [0.15, 0.2) is 11.5 Å². The molecule has 24 heavy (non-hydrogen) atoms. The van der Waals surface area contributed by atoms with Crippen molar-refractivity contribution in [3.05, 3.63) is 65.2 Å². The molecule has 6 heteroatoms. The Balaban J connectivity index is 1.55. The van der Waals surface area contributed by atoms with Crippen LogP contribution in [0.4, 0.5) is 0 Å². The van der Waals surface area contributed by atoms with Crippen molar-refractivity contribution in [2.45, 2.75) is 6.10 Å². The number of fused-ring (bicyclic) bond motifs is 1. The van der Waals surface area contributed by atoms with Crippen LogP contribution in [0.2, 0.25) is 0 Å². The molecule has 1 aliphatic rings. The largest absolute Gasteiger partial charge is 0.485 e. The molecule has 0 saturated heterocycles. The van der Waals surface area contributed by atoms with Crippen LogP contribution in [0, 0.1) is 0 Å². The first-order chi connectivity index (χ1) is 11.7. The molecule has 1 atom stereocenters. The van der Waals surface area contributed by atoms with Crippen LogP contribution in [-0.2, 0) is 4.79 Å².